The summed E-state index contributed by atoms with van der Waals surface area (Å²) in [4.78, 5) is 26.2. The molecule has 0 spiro atoms. The van der Waals surface area contributed by atoms with E-state index in [1.165, 1.54) is 23.0 Å². The highest BCUT2D eigenvalue weighted by molar-refractivity contribution is 7.10. The lowest BCUT2D eigenvalue weighted by Gasteiger charge is -2.21. The number of para-hydroxylation sites is 1. The van der Waals surface area contributed by atoms with Gasteiger partial charge in [-0.2, -0.15) is 0 Å². The lowest BCUT2D eigenvalue weighted by atomic mass is 9.90. The van der Waals surface area contributed by atoms with Crippen LogP contribution in [-0.4, -0.2) is 34.6 Å². The Bertz CT molecular complexity index is 871. The zero-order valence-electron chi connectivity index (χ0n) is 14.2. The van der Waals surface area contributed by atoms with Crippen LogP contribution in [-0.2, 0) is 0 Å². The number of rotatable bonds is 7. The Hall–Kier alpha value is -2.70. The minimum absolute atomic E-state index is 0.0250. The van der Waals surface area contributed by atoms with Gasteiger partial charge in [-0.3, -0.25) is 14.2 Å². The first-order valence-corrected chi connectivity index (χ1v) is 9.04. The number of hydrogen-bond donors (Lipinski definition) is 1. The van der Waals surface area contributed by atoms with Crippen LogP contribution in [0.4, 0.5) is 0 Å². The SMILES string of the molecule is COc1ccccc1C(=O)[C@H](O)[C@@H](CC(=O)n1cccc1)c1cccs1. The summed E-state index contributed by atoms with van der Waals surface area (Å²) in [5.74, 6) is -0.859. The third-order valence-corrected chi connectivity index (χ3v) is 5.22. The van der Waals surface area contributed by atoms with E-state index in [4.69, 9.17) is 4.74 Å². The number of ketones is 1. The van der Waals surface area contributed by atoms with Gasteiger partial charge in [-0.05, 0) is 35.7 Å². The molecule has 2 atom stereocenters. The molecule has 1 N–H and O–H groups in total. The number of carbonyl (C=O) groups is 2. The van der Waals surface area contributed by atoms with Crippen molar-refractivity contribution in [2.45, 2.75) is 18.4 Å². The molecule has 134 valence electrons. The van der Waals surface area contributed by atoms with E-state index < -0.39 is 17.8 Å². The fourth-order valence-corrected chi connectivity index (χ4v) is 3.71. The van der Waals surface area contributed by atoms with Gasteiger partial charge in [0.25, 0.3) is 0 Å². The smallest absolute Gasteiger partial charge is 0.231 e. The molecule has 0 bridgehead atoms. The first kappa shape index (κ1) is 18.1. The number of hydrogen-bond acceptors (Lipinski definition) is 5. The Morgan fingerprint density at radius 1 is 1.12 bits per heavy atom. The van der Waals surface area contributed by atoms with Crippen molar-refractivity contribution in [1.82, 2.24) is 4.57 Å². The third kappa shape index (κ3) is 3.76. The van der Waals surface area contributed by atoms with Crippen LogP contribution in [0.1, 0.15) is 32.4 Å². The van der Waals surface area contributed by atoms with E-state index in [0.717, 1.165) is 4.88 Å². The average Bonchev–Trinajstić information content (AvgIpc) is 3.38. The van der Waals surface area contributed by atoms with Gasteiger partial charge < -0.3 is 9.84 Å². The second kappa shape index (κ2) is 8.12. The number of aliphatic hydroxyl groups is 1. The Labute approximate surface area is 155 Å². The van der Waals surface area contributed by atoms with E-state index >= 15 is 0 Å². The summed E-state index contributed by atoms with van der Waals surface area (Å²) in [6.45, 7) is 0. The molecule has 3 aromatic rings. The van der Waals surface area contributed by atoms with E-state index in [-0.39, 0.29) is 12.3 Å². The Kier molecular flexibility index (Phi) is 5.65. The molecule has 2 aromatic heterocycles. The maximum Gasteiger partial charge on any atom is 0.231 e. The molecule has 0 aliphatic heterocycles. The zero-order chi connectivity index (χ0) is 18.5. The van der Waals surface area contributed by atoms with Crippen molar-refractivity contribution in [3.05, 3.63) is 76.7 Å². The molecule has 0 aliphatic rings. The van der Waals surface area contributed by atoms with Crippen molar-refractivity contribution < 1.29 is 19.4 Å². The maximum absolute atomic E-state index is 12.9. The molecule has 0 unspecified atom stereocenters. The number of aromatic nitrogens is 1. The van der Waals surface area contributed by atoms with E-state index in [1.54, 1.807) is 48.8 Å². The van der Waals surface area contributed by atoms with Gasteiger partial charge in [0, 0.05) is 29.6 Å². The van der Waals surface area contributed by atoms with E-state index in [0.29, 0.717) is 11.3 Å². The summed E-state index contributed by atoms with van der Waals surface area (Å²) in [5, 5.41) is 12.7. The largest absolute Gasteiger partial charge is 0.496 e. The van der Waals surface area contributed by atoms with Crippen LogP contribution in [0.15, 0.2) is 66.3 Å². The molecule has 26 heavy (non-hydrogen) atoms. The van der Waals surface area contributed by atoms with E-state index in [2.05, 4.69) is 0 Å². The minimum atomic E-state index is -1.34. The van der Waals surface area contributed by atoms with Crippen molar-refractivity contribution in [3.63, 3.8) is 0 Å². The van der Waals surface area contributed by atoms with Crippen LogP contribution in [0.25, 0.3) is 0 Å². The monoisotopic (exact) mass is 369 g/mol. The van der Waals surface area contributed by atoms with Crippen LogP contribution in [0.3, 0.4) is 0 Å². The standard InChI is InChI=1S/C20H19NO4S/c1-25-16-8-3-2-7-14(16)19(23)20(24)15(17-9-6-12-26-17)13-18(22)21-10-4-5-11-21/h2-12,15,20,24H,13H2,1H3/t15-,20+/m0/s1. The summed E-state index contributed by atoms with van der Waals surface area (Å²) < 4.78 is 6.69. The van der Waals surface area contributed by atoms with Crippen molar-refractivity contribution in [1.29, 1.82) is 0 Å². The van der Waals surface area contributed by atoms with Gasteiger partial charge in [0.2, 0.25) is 5.91 Å². The van der Waals surface area contributed by atoms with Gasteiger partial charge >= 0.3 is 0 Å². The Morgan fingerprint density at radius 2 is 1.85 bits per heavy atom. The maximum atomic E-state index is 12.9. The minimum Gasteiger partial charge on any atom is -0.496 e. The molecule has 2 heterocycles. The molecule has 0 aliphatic carbocycles. The predicted octanol–water partition coefficient (Wildman–Crippen LogP) is 3.62. The number of aliphatic hydroxyl groups excluding tert-OH is 1. The summed E-state index contributed by atoms with van der Waals surface area (Å²) in [7, 11) is 1.48. The van der Waals surface area contributed by atoms with Gasteiger partial charge in [0.15, 0.2) is 5.78 Å². The molecule has 0 fully saturated rings. The number of ether oxygens (including phenoxy) is 1. The van der Waals surface area contributed by atoms with Crippen LogP contribution in [0.2, 0.25) is 0 Å². The molecule has 0 radical (unpaired) electrons. The van der Waals surface area contributed by atoms with E-state index in [9.17, 15) is 14.7 Å². The fourth-order valence-electron chi connectivity index (χ4n) is 2.85. The lowest BCUT2D eigenvalue weighted by Crippen LogP contribution is -2.30. The van der Waals surface area contributed by atoms with Gasteiger partial charge in [-0.25, -0.2) is 0 Å². The molecular weight excluding hydrogens is 350 g/mol. The summed E-state index contributed by atoms with van der Waals surface area (Å²) in [6, 6.07) is 13.9. The van der Waals surface area contributed by atoms with Gasteiger partial charge in [-0.1, -0.05) is 18.2 Å². The average molecular weight is 369 g/mol. The van der Waals surface area contributed by atoms with E-state index in [1.807, 2.05) is 17.5 Å². The second-order valence-electron chi connectivity index (χ2n) is 5.82. The van der Waals surface area contributed by atoms with Crippen LogP contribution in [0.5, 0.6) is 5.75 Å². The molecule has 3 rings (SSSR count). The highest BCUT2D eigenvalue weighted by Gasteiger charge is 2.32. The third-order valence-electron chi connectivity index (χ3n) is 4.22. The quantitative estimate of drug-likeness (QED) is 0.646. The Morgan fingerprint density at radius 3 is 2.50 bits per heavy atom. The summed E-state index contributed by atoms with van der Waals surface area (Å²) in [6.07, 6.45) is 1.99. The van der Waals surface area contributed by atoms with Gasteiger partial charge in [-0.15, -0.1) is 11.3 Å². The number of nitrogens with zero attached hydrogens (tertiary/aromatic N) is 1. The molecule has 0 saturated heterocycles. The molecule has 0 saturated carbocycles. The van der Waals surface area contributed by atoms with Crippen LogP contribution in [0, 0.1) is 0 Å². The van der Waals surface area contributed by atoms with Crippen molar-refractivity contribution in [2.75, 3.05) is 7.11 Å². The molecule has 0 amide bonds. The molecule has 5 nitrogen and oxygen atoms in total. The van der Waals surface area contributed by atoms with Crippen LogP contribution < -0.4 is 4.74 Å². The van der Waals surface area contributed by atoms with Crippen molar-refractivity contribution in [3.8, 4) is 5.75 Å². The number of thiophene rings is 1. The lowest BCUT2D eigenvalue weighted by molar-refractivity contribution is 0.0653. The Balaban J connectivity index is 1.89. The number of methoxy groups -OCH3 is 1. The number of carbonyl (C=O) groups excluding carboxylic acids is 2. The normalized spacial score (nSPS) is 13.2. The van der Waals surface area contributed by atoms with Crippen LogP contribution >= 0.6 is 11.3 Å². The fraction of sp³-hybridized carbons (Fsp3) is 0.200. The number of benzene rings is 1. The first-order valence-electron chi connectivity index (χ1n) is 8.16. The van der Waals surface area contributed by atoms with Crippen molar-refractivity contribution >= 4 is 23.0 Å². The molecule has 1 aromatic carbocycles. The molecule has 6 heteroatoms. The highest BCUT2D eigenvalue weighted by Crippen LogP contribution is 2.31. The zero-order valence-corrected chi connectivity index (χ0v) is 15.1. The van der Waals surface area contributed by atoms with Crippen molar-refractivity contribution in [2.24, 2.45) is 0 Å². The summed E-state index contributed by atoms with van der Waals surface area (Å²) in [5.41, 5.74) is 0.303. The van der Waals surface area contributed by atoms with Gasteiger partial charge in [0.05, 0.1) is 12.7 Å². The number of Topliss-reactive ketones (excluding diaryl/α,β-unsaturated/α-hetero) is 1. The van der Waals surface area contributed by atoms with Gasteiger partial charge in [0.1, 0.15) is 11.9 Å². The summed E-state index contributed by atoms with van der Waals surface area (Å²) >= 11 is 1.42. The molecular formula is C20H19NO4S. The highest BCUT2D eigenvalue weighted by atomic mass is 32.1. The topological polar surface area (TPSA) is 68.5 Å². The first-order chi connectivity index (χ1) is 12.6. The second-order valence-corrected chi connectivity index (χ2v) is 6.80. The predicted molar refractivity (Wildman–Crippen MR) is 100 cm³/mol.